The van der Waals surface area contributed by atoms with Crippen LogP contribution in [0.15, 0.2) is 18.2 Å². The molecule has 1 rings (SSSR count). The fourth-order valence-corrected chi connectivity index (χ4v) is 1.84. The van der Waals surface area contributed by atoms with E-state index in [-0.39, 0.29) is 5.92 Å². The Labute approximate surface area is 128 Å². The molecule has 1 aromatic rings. The number of rotatable bonds is 9. The summed E-state index contributed by atoms with van der Waals surface area (Å²) in [5.74, 6) is 1.01. The third kappa shape index (κ3) is 5.65. The molecule has 1 unspecified atom stereocenters. The highest BCUT2D eigenvalue weighted by atomic mass is 16.5. The first-order valence-electron chi connectivity index (χ1n) is 7.51. The van der Waals surface area contributed by atoms with Gasteiger partial charge in [-0.15, -0.1) is 0 Å². The van der Waals surface area contributed by atoms with Crippen LogP contribution >= 0.6 is 0 Å². The molecule has 0 bridgehead atoms. The standard InChI is InChI=1S/C17H29NO3/c1-13(2)17(4,19)12-21-16-14(3)7-6-8-15(16)11-18-9-10-20-5/h6-8,13,18-19H,9-12H2,1-5H3. The van der Waals surface area contributed by atoms with Crippen LogP contribution in [0.5, 0.6) is 5.75 Å². The van der Waals surface area contributed by atoms with Gasteiger partial charge in [0.1, 0.15) is 12.4 Å². The van der Waals surface area contributed by atoms with Gasteiger partial charge < -0.3 is 19.9 Å². The third-order valence-electron chi connectivity index (χ3n) is 3.84. The molecule has 0 heterocycles. The molecule has 0 radical (unpaired) electrons. The second-order valence-electron chi connectivity index (χ2n) is 6.03. The van der Waals surface area contributed by atoms with Gasteiger partial charge in [0.25, 0.3) is 0 Å². The number of benzene rings is 1. The monoisotopic (exact) mass is 295 g/mol. The molecule has 1 aromatic carbocycles. The summed E-state index contributed by atoms with van der Waals surface area (Å²) in [6, 6.07) is 6.10. The maximum absolute atomic E-state index is 10.3. The van der Waals surface area contributed by atoms with Gasteiger partial charge in [-0.05, 0) is 25.3 Å². The fourth-order valence-electron chi connectivity index (χ4n) is 1.84. The normalized spacial score (nSPS) is 14.2. The van der Waals surface area contributed by atoms with Crippen molar-refractivity contribution in [2.75, 3.05) is 26.9 Å². The summed E-state index contributed by atoms with van der Waals surface area (Å²) in [6.45, 7) is 10.3. The van der Waals surface area contributed by atoms with E-state index in [1.165, 1.54) is 0 Å². The summed E-state index contributed by atoms with van der Waals surface area (Å²) in [7, 11) is 1.69. The predicted molar refractivity (Wildman–Crippen MR) is 85.7 cm³/mol. The quantitative estimate of drug-likeness (QED) is 0.687. The Morgan fingerprint density at radius 1 is 1.33 bits per heavy atom. The Hall–Kier alpha value is -1.10. The van der Waals surface area contributed by atoms with Gasteiger partial charge in [-0.1, -0.05) is 32.0 Å². The van der Waals surface area contributed by atoms with Crippen molar-refractivity contribution in [3.05, 3.63) is 29.3 Å². The topological polar surface area (TPSA) is 50.7 Å². The lowest BCUT2D eigenvalue weighted by atomic mass is 9.93. The van der Waals surface area contributed by atoms with Gasteiger partial charge >= 0.3 is 0 Å². The van der Waals surface area contributed by atoms with E-state index in [0.29, 0.717) is 13.2 Å². The molecule has 4 nitrogen and oxygen atoms in total. The van der Waals surface area contributed by atoms with Gasteiger partial charge in [0.2, 0.25) is 0 Å². The van der Waals surface area contributed by atoms with E-state index in [1.54, 1.807) is 7.11 Å². The van der Waals surface area contributed by atoms with E-state index >= 15 is 0 Å². The summed E-state index contributed by atoms with van der Waals surface area (Å²) in [5.41, 5.74) is 1.36. The molecule has 0 fully saturated rings. The van der Waals surface area contributed by atoms with Gasteiger partial charge in [-0.25, -0.2) is 0 Å². The molecule has 1 atom stereocenters. The van der Waals surface area contributed by atoms with Crippen LogP contribution in [0.4, 0.5) is 0 Å². The van der Waals surface area contributed by atoms with Crippen LogP contribution in [0, 0.1) is 12.8 Å². The Bertz CT molecular complexity index is 430. The molecular weight excluding hydrogens is 266 g/mol. The number of hydrogen-bond donors (Lipinski definition) is 2. The predicted octanol–water partition coefficient (Wildman–Crippen LogP) is 2.52. The summed E-state index contributed by atoms with van der Waals surface area (Å²) >= 11 is 0. The third-order valence-corrected chi connectivity index (χ3v) is 3.84. The van der Waals surface area contributed by atoms with Crippen molar-refractivity contribution in [1.29, 1.82) is 0 Å². The first-order chi connectivity index (χ1) is 9.88. The molecule has 0 aliphatic carbocycles. The molecule has 0 aliphatic heterocycles. The molecule has 21 heavy (non-hydrogen) atoms. The number of para-hydroxylation sites is 1. The van der Waals surface area contributed by atoms with Gasteiger partial charge in [-0.3, -0.25) is 0 Å². The minimum atomic E-state index is -0.830. The van der Waals surface area contributed by atoms with E-state index in [1.807, 2.05) is 45.9 Å². The first-order valence-corrected chi connectivity index (χ1v) is 7.51. The van der Waals surface area contributed by atoms with Crippen LogP contribution in [-0.4, -0.2) is 37.6 Å². The molecular formula is C17H29NO3. The Morgan fingerprint density at radius 3 is 2.67 bits per heavy atom. The lowest BCUT2D eigenvalue weighted by Crippen LogP contribution is -2.38. The number of hydrogen-bond acceptors (Lipinski definition) is 4. The van der Waals surface area contributed by atoms with E-state index in [2.05, 4.69) is 5.32 Å². The van der Waals surface area contributed by atoms with E-state index in [9.17, 15) is 5.11 Å². The van der Waals surface area contributed by atoms with E-state index < -0.39 is 5.60 Å². The summed E-state index contributed by atoms with van der Waals surface area (Å²) < 4.78 is 11.0. The fraction of sp³-hybridized carbons (Fsp3) is 0.647. The van der Waals surface area contributed by atoms with Crippen LogP contribution in [0.3, 0.4) is 0 Å². The lowest BCUT2D eigenvalue weighted by Gasteiger charge is -2.28. The molecule has 2 N–H and O–H groups in total. The average molecular weight is 295 g/mol. The van der Waals surface area contributed by atoms with Gasteiger partial charge in [0.15, 0.2) is 0 Å². The number of aliphatic hydroxyl groups is 1. The van der Waals surface area contributed by atoms with Crippen LogP contribution in [0.1, 0.15) is 31.9 Å². The van der Waals surface area contributed by atoms with Crippen molar-refractivity contribution >= 4 is 0 Å². The number of aryl methyl sites for hydroxylation is 1. The maximum Gasteiger partial charge on any atom is 0.126 e. The molecule has 4 heteroatoms. The average Bonchev–Trinajstić information content (AvgIpc) is 2.42. The zero-order valence-corrected chi connectivity index (χ0v) is 13.9. The Balaban J connectivity index is 2.71. The first kappa shape index (κ1) is 18.0. The SMILES string of the molecule is COCCNCc1cccc(C)c1OCC(C)(O)C(C)C. The number of nitrogens with one attached hydrogen (secondary N) is 1. The molecule has 0 amide bonds. The number of ether oxygens (including phenoxy) is 2. The Kier molecular flexibility index (Phi) is 7.15. The van der Waals surface area contributed by atoms with Crippen molar-refractivity contribution in [3.8, 4) is 5.75 Å². The zero-order valence-electron chi connectivity index (χ0n) is 13.9. The largest absolute Gasteiger partial charge is 0.490 e. The highest BCUT2D eigenvalue weighted by molar-refractivity contribution is 5.40. The maximum atomic E-state index is 10.3. The van der Waals surface area contributed by atoms with Crippen molar-refractivity contribution in [2.24, 2.45) is 5.92 Å². The van der Waals surface area contributed by atoms with Crippen molar-refractivity contribution in [3.63, 3.8) is 0 Å². The van der Waals surface area contributed by atoms with Crippen molar-refractivity contribution in [2.45, 2.75) is 39.8 Å². The molecule has 0 saturated heterocycles. The van der Waals surface area contributed by atoms with Crippen LogP contribution in [-0.2, 0) is 11.3 Å². The molecule has 0 aromatic heterocycles. The van der Waals surface area contributed by atoms with Crippen molar-refractivity contribution in [1.82, 2.24) is 5.32 Å². The second kappa shape index (κ2) is 8.37. The van der Waals surface area contributed by atoms with Gasteiger partial charge in [0, 0.05) is 25.8 Å². The van der Waals surface area contributed by atoms with E-state index in [0.717, 1.165) is 30.0 Å². The van der Waals surface area contributed by atoms with Gasteiger partial charge in [0.05, 0.1) is 12.2 Å². The van der Waals surface area contributed by atoms with E-state index in [4.69, 9.17) is 9.47 Å². The highest BCUT2D eigenvalue weighted by Crippen LogP contribution is 2.26. The summed E-state index contributed by atoms with van der Waals surface area (Å²) in [5, 5.41) is 13.6. The van der Waals surface area contributed by atoms with Crippen LogP contribution < -0.4 is 10.1 Å². The van der Waals surface area contributed by atoms with Gasteiger partial charge in [-0.2, -0.15) is 0 Å². The molecule has 120 valence electrons. The highest BCUT2D eigenvalue weighted by Gasteiger charge is 2.26. The second-order valence-corrected chi connectivity index (χ2v) is 6.03. The van der Waals surface area contributed by atoms with Crippen LogP contribution in [0.2, 0.25) is 0 Å². The summed E-state index contributed by atoms with van der Waals surface area (Å²) in [6.07, 6.45) is 0. The summed E-state index contributed by atoms with van der Waals surface area (Å²) in [4.78, 5) is 0. The minimum absolute atomic E-state index is 0.143. The number of methoxy groups -OCH3 is 1. The Morgan fingerprint density at radius 2 is 2.05 bits per heavy atom. The molecule has 0 spiro atoms. The molecule has 0 saturated carbocycles. The smallest absolute Gasteiger partial charge is 0.126 e. The minimum Gasteiger partial charge on any atom is -0.490 e. The lowest BCUT2D eigenvalue weighted by molar-refractivity contribution is -0.0270. The van der Waals surface area contributed by atoms with Crippen LogP contribution in [0.25, 0.3) is 0 Å². The van der Waals surface area contributed by atoms with Crippen molar-refractivity contribution < 1.29 is 14.6 Å². The zero-order chi connectivity index (χ0) is 15.9. The molecule has 0 aliphatic rings.